The number of nitrogens with one attached hydrogen (secondary N) is 1. The SMILES string of the molecule is CS(=O)(=O)N1CCC(C(=O)NCCc2nccs2)CC1. The number of thiazole rings is 1. The number of aromatic nitrogens is 1. The molecule has 6 nitrogen and oxygen atoms in total. The van der Waals surface area contributed by atoms with Crippen molar-refractivity contribution in [2.75, 3.05) is 25.9 Å². The molecule has 20 heavy (non-hydrogen) atoms. The second-order valence-electron chi connectivity index (χ2n) is 4.90. The highest BCUT2D eigenvalue weighted by Crippen LogP contribution is 2.19. The predicted octanol–water partition coefficient (Wildman–Crippen LogP) is 0.473. The number of hydrogen-bond acceptors (Lipinski definition) is 5. The van der Waals surface area contributed by atoms with Crippen molar-refractivity contribution in [1.82, 2.24) is 14.6 Å². The lowest BCUT2D eigenvalue weighted by atomic mass is 9.97. The molecule has 1 aliphatic rings. The van der Waals surface area contributed by atoms with E-state index in [0.717, 1.165) is 11.4 Å². The van der Waals surface area contributed by atoms with Crippen LogP contribution in [0, 0.1) is 5.92 Å². The summed E-state index contributed by atoms with van der Waals surface area (Å²) in [4.78, 5) is 16.1. The number of carbonyl (C=O) groups is 1. The van der Waals surface area contributed by atoms with Crippen LogP contribution in [0.5, 0.6) is 0 Å². The van der Waals surface area contributed by atoms with Crippen LogP contribution in [0.15, 0.2) is 11.6 Å². The highest BCUT2D eigenvalue weighted by molar-refractivity contribution is 7.88. The van der Waals surface area contributed by atoms with Gasteiger partial charge in [0.15, 0.2) is 0 Å². The normalized spacial score (nSPS) is 18.1. The van der Waals surface area contributed by atoms with Crippen molar-refractivity contribution >= 4 is 27.3 Å². The van der Waals surface area contributed by atoms with Gasteiger partial charge in [-0.05, 0) is 12.8 Å². The molecule has 8 heteroatoms. The van der Waals surface area contributed by atoms with Gasteiger partial charge in [0.05, 0.1) is 11.3 Å². The van der Waals surface area contributed by atoms with Crippen molar-refractivity contribution in [2.24, 2.45) is 5.92 Å². The second-order valence-corrected chi connectivity index (χ2v) is 7.86. The third-order valence-corrected chi connectivity index (χ3v) is 5.56. The van der Waals surface area contributed by atoms with Crippen LogP contribution in [0.25, 0.3) is 0 Å². The number of rotatable bonds is 5. The molecule has 2 heterocycles. The minimum absolute atomic E-state index is 0.0229. The van der Waals surface area contributed by atoms with Gasteiger partial charge in [0, 0.05) is 43.5 Å². The molecule has 0 aromatic carbocycles. The Morgan fingerprint density at radius 2 is 2.20 bits per heavy atom. The van der Waals surface area contributed by atoms with E-state index in [-0.39, 0.29) is 11.8 Å². The van der Waals surface area contributed by atoms with E-state index in [0.29, 0.717) is 32.5 Å². The van der Waals surface area contributed by atoms with Crippen LogP contribution in [0.3, 0.4) is 0 Å². The van der Waals surface area contributed by atoms with E-state index in [9.17, 15) is 13.2 Å². The topological polar surface area (TPSA) is 79.4 Å². The Morgan fingerprint density at radius 3 is 2.75 bits per heavy atom. The lowest BCUT2D eigenvalue weighted by molar-refractivity contribution is -0.126. The Kier molecular flexibility index (Phi) is 5.11. The zero-order valence-corrected chi connectivity index (χ0v) is 13.0. The number of hydrogen-bond donors (Lipinski definition) is 1. The number of sulfonamides is 1. The summed E-state index contributed by atoms with van der Waals surface area (Å²) in [5, 5.41) is 5.83. The molecule has 0 saturated carbocycles. The fourth-order valence-electron chi connectivity index (χ4n) is 2.26. The molecule has 1 amide bonds. The van der Waals surface area contributed by atoms with Gasteiger partial charge in [-0.1, -0.05) is 0 Å². The first-order chi connectivity index (χ1) is 9.47. The zero-order valence-electron chi connectivity index (χ0n) is 11.4. The molecule has 2 rings (SSSR count). The Balaban J connectivity index is 1.72. The minimum atomic E-state index is -3.13. The van der Waals surface area contributed by atoms with Crippen LogP contribution in [0.1, 0.15) is 17.8 Å². The Labute approximate surface area is 123 Å². The first kappa shape index (κ1) is 15.4. The molecule has 0 radical (unpaired) electrons. The molecule has 0 unspecified atom stereocenters. The lowest BCUT2D eigenvalue weighted by Crippen LogP contribution is -2.42. The second kappa shape index (κ2) is 6.64. The molecule has 1 fully saturated rings. The smallest absolute Gasteiger partial charge is 0.223 e. The lowest BCUT2D eigenvalue weighted by Gasteiger charge is -2.29. The standard InChI is InChI=1S/C12H19N3O3S2/c1-20(17,18)15-7-3-10(4-8-15)12(16)14-5-2-11-13-6-9-19-11/h6,9-10H,2-5,7-8H2,1H3,(H,14,16). The van der Waals surface area contributed by atoms with Crippen molar-refractivity contribution in [1.29, 1.82) is 0 Å². The molecule has 0 bridgehead atoms. The summed E-state index contributed by atoms with van der Waals surface area (Å²) in [6.45, 7) is 1.45. The van der Waals surface area contributed by atoms with Gasteiger partial charge in [-0.2, -0.15) is 0 Å². The van der Waals surface area contributed by atoms with Crippen LogP contribution < -0.4 is 5.32 Å². The summed E-state index contributed by atoms with van der Waals surface area (Å²) in [5.41, 5.74) is 0. The summed E-state index contributed by atoms with van der Waals surface area (Å²) in [7, 11) is -3.13. The monoisotopic (exact) mass is 317 g/mol. The quantitative estimate of drug-likeness (QED) is 0.856. The third kappa shape index (κ3) is 4.26. The molecule has 1 saturated heterocycles. The van der Waals surface area contributed by atoms with Gasteiger partial charge in [-0.25, -0.2) is 17.7 Å². The molecular weight excluding hydrogens is 298 g/mol. The Bertz CT molecular complexity index is 534. The summed E-state index contributed by atoms with van der Waals surface area (Å²) >= 11 is 1.58. The van der Waals surface area contributed by atoms with Crippen molar-refractivity contribution in [3.05, 3.63) is 16.6 Å². The van der Waals surface area contributed by atoms with Gasteiger partial charge in [0.1, 0.15) is 0 Å². The van der Waals surface area contributed by atoms with E-state index >= 15 is 0 Å². The molecule has 1 aromatic heterocycles. The van der Waals surface area contributed by atoms with Gasteiger partial charge in [0.25, 0.3) is 0 Å². The number of amides is 1. The fourth-order valence-corrected chi connectivity index (χ4v) is 3.76. The molecule has 1 aliphatic heterocycles. The fraction of sp³-hybridized carbons (Fsp3) is 0.667. The summed E-state index contributed by atoms with van der Waals surface area (Å²) in [6, 6.07) is 0. The van der Waals surface area contributed by atoms with Gasteiger partial charge in [0.2, 0.25) is 15.9 Å². The van der Waals surface area contributed by atoms with Crippen molar-refractivity contribution in [2.45, 2.75) is 19.3 Å². The van der Waals surface area contributed by atoms with E-state index in [1.54, 1.807) is 17.5 Å². The highest BCUT2D eigenvalue weighted by atomic mass is 32.2. The minimum Gasteiger partial charge on any atom is -0.355 e. The Morgan fingerprint density at radius 1 is 1.50 bits per heavy atom. The van der Waals surface area contributed by atoms with Gasteiger partial charge >= 0.3 is 0 Å². The molecule has 1 aromatic rings. The van der Waals surface area contributed by atoms with Gasteiger partial charge in [-0.3, -0.25) is 4.79 Å². The van der Waals surface area contributed by atoms with Gasteiger partial charge < -0.3 is 5.32 Å². The van der Waals surface area contributed by atoms with E-state index in [2.05, 4.69) is 10.3 Å². The van der Waals surface area contributed by atoms with Crippen LogP contribution in [0.4, 0.5) is 0 Å². The summed E-state index contributed by atoms with van der Waals surface area (Å²) < 4.78 is 24.2. The Hall–Kier alpha value is -0.990. The molecule has 1 N–H and O–H groups in total. The average molecular weight is 317 g/mol. The van der Waals surface area contributed by atoms with Crippen LogP contribution >= 0.6 is 11.3 Å². The highest BCUT2D eigenvalue weighted by Gasteiger charge is 2.28. The first-order valence-corrected chi connectivity index (χ1v) is 9.31. The molecule has 0 spiro atoms. The molecular formula is C12H19N3O3S2. The number of nitrogens with zero attached hydrogens (tertiary/aromatic N) is 2. The molecule has 0 aliphatic carbocycles. The number of carbonyl (C=O) groups excluding carboxylic acids is 1. The average Bonchev–Trinajstić information content (AvgIpc) is 2.91. The maximum Gasteiger partial charge on any atom is 0.223 e. The first-order valence-electron chi connectivity index (χ1n) is 6.58. The van der Waals surface area contributed by atoms with Crippen LogP contribution in [0.2, 0.25) is 0 Å². The maximum atomic E-state index is 12.0. The van der Waals surface area contributed by atoms with Crippen LogP contribution in [-0.4, -0.2) is 49.5 Å². The maximum absolute atomic E-state index is 12.0. The zero-order chi connectivity index (χ0) is 14.6. The van der Waals surface area contributed by atoms with E-state index in [1.165, 1.54) is 10.6 Å². The molecule has 112 valence electrons. The summed E-state index contributed by atoms with van der Waals surface area (Å²) in [6.07, 6.45) is 4.89. The van der Waals surface area contributed by atoms with Crippen molar-refractivity contribution in [3.8, 4) is 0 Å². The predicted molar refractivity (Wildman–Crippen MR) is 78.0 cm³/mol. The van der Waals surface area contributed by atoms with E-state index in [4.69, 9.17) is 0 Å². The van der Waals surface area contributed by atoms with E-state index < -0.39 is 10.0 Å². The number of piperidine rings is 1. The summed E-state index contributed by atoms with van der Waals surface area (Å²) in [5.74, 6) is -0.0565. The van der Waals surface area contributed by atoms with Crippen LogP contribution in [-0.2, 0) is 21.2 Å². The molecule has 0 atom stereocenters. The van der Waals surface area contributed by atoms with E-state index in [1.807, 2.05) is 5.38 Å². The van der Waals surface area contributed by atoms with Gasteiger partial charge in [-0.15, -0.1) is 11.3 Å². The largest absolute Gasteiger partial charge is 0.355 e. The van der Waals surface area contributed by atoms with Crippen molar-refractivity contribution in [3.63, 3.8) is 0 Å². The third-order valence-electron chi connectivity index (χ3n) is 3.42. The van der Waals surface area contributed by atoms with Crippen molar-refractivity contribution < 1.29 is 13.2 Å².